The number of hydrogen-bond donors (Lipinski definition) is 1. The summed E-state index contributed by atoms with van der Waals surface area (Å²) in [5.41, 5.74) is 0. The first-order valence-corrected chi connectivity index (χ1v) is 10.5. The Bertz CT molecular complexity index is 751. The summed E-state index contributed by atoms with van der Waals surface area (Å²) in [6, 6.07) is 10.1. The molecule has 2 amide bonds. The molecule has 1 fully saturated rings. The van der Waals surface area contributed by atoms with Crippen LogP contribution in [-0.4, -0.2) is 40.0 Å². The molecule has 1 aliphatic rings. The third-order valence-electron chi connectivity index (χ3n) is 4.17. The number of carbonyl (C=O) groups is 2. The molecule has 26 heavy (non-hydrogen) atoms. The lowest BCUT2D eigenvalue weighted by molar-refractivity contribution is -0.128. The van der Waals surface area contributed by atoms with Gasteiger partial charge < -0.3 is 10.2 Å². The van der Waals surface area contributed by atoms with Crippen LogP contribution in [0.5, 0.6) is 0 Å². The molecule has 1 atom stereocenters. The number of thioether (sulfide) groups is 1. The van der Waals surface area contributed by atoms with Crippen LogP contribution in [0.2, 0.25) is 0 Å². The van der Waals surface area contributed by atoms with Gasteiger partial charge in [-0.2, -0.15) is 0 Å². The van der Waals surface area contributed by atoms with Crippen molar-refractivity contribution in [2.45, 2.75) is 36.8 Å². The molecule has 1 saturated heterocycles. The highest BCUT2D eigenvalue weighted by Crippen LogP contribution is 2.26. The summed E-state index contributed by atoms with van der Waals surface area (Å²) in [6.07, 6.45) is 2.29. The van der Waals surface area contributed by atoms with Crippen molar-refractivity contribution in [1.29, 1.82) is 0 Å². The predicted molar refractivity (Wildman–Crippen MR) is 104 cm³/mol. The number of rotatable bonds is 8. The van der Waals surface area contributed by atoms with E-state index in [1.807, 2.05) is 18.2 Å². The molecule has 0 aliphatic carbocycles. The molecular weight excluding hydrogens is 368 g/mol. The molecule has 6 nitrogen and oxygen atoms in total. The van der Waals surface area contributed by atoms with E-state index in [2.05, 4.69) is 34.6 Å². The Hall–Kier alpha value is -1.93. The summed E-state index contributed by atoms with van der Waals surface area (Å²) in [4.78, 5) is 27.4. The van der Waals surface area contributed by atoms with Gasteiger partial charge in [0.05, 0.1) is 11.7 Å². The fourth-order valence-electron chi connectivity index (χ4n) is 2.74. The van der Waals surface area contributed by atoms with Gasteiger partial charge >= 0.3 is 0 Å². The number of amides is 2. The number of anilines is 1. The van der Waals surface area contributed by atoms with E-state index in [1.165, 1.54) is 16.2 Å². The van der Waals surface area contributed by atoms with Crippen LogP contribution >= 0.6 is 23.1 Å². The van der Waals surface area contributed by atoms with Crippen molar-refractivity contribution >= 4 is 40.0 Å². The monoisotopic (exact) mass is 390 g/mol. The zero-order valence-electron chi connectivity index (χ0n) is 14.7. The molecule has 0 radical (unpaired) electrons. The summed E-state index contributed by atoms with van der Waals surface area (Å²) >= 11 is 3.06. The van der Waals surface area contributed by atoms with Gasteiger partial charge in [0.15, 0.2) is 0 Å². The van der Waals surface area contributed by atoms with E-state index in [-0.39, 0.29) is 24.2 Å². The van der Waals surface area contributed by atoms with Crippen molar-refractivity contribution in [3.63, 3.8) is 0 Å². The second-order valence-corrected chi connectivity index (χ2v) is 8.30. The van der Waals surface area contributed by atoms with Crippen LogP contribution in [0.1, 0.15) is 31.2 Å². The maximum Gasteiger partial charge on any atom is 0.231 e. The molecule has 8 heteroatoms. The average Bonchev–Trinajstić information content (AvgIpc) is 3.25. The molecule has 1 N–H and O–H groups in total. The molecule has 2 heterocycles. The maximum absolute atomic E-state index is 12.4. The van der Waals surface area contributed by atoms with Crippen LogP contribution in [-0.2, 0) is 15.3 Å². The van der Waals surface area contributed by atoms with Gasteiger partial charge in [-0.25, -0.2) is 0 Å². The van der Waals surface area contributed by atoms with E-state index < -0.39 is 0 Å². The molecule has 1 aromatic heterocycles. The standard InChI is InChI=1S/C18H22N4O2S2/c1-2-3-9-22-11-13(10-16(22)23)17(24)19-18-21-20-15(26-18)12-25-14-7-5-4-6-8-14/h4-8,13H,2-3,9-12H2,1H3,(H,19,21,24)/t13-/m1/s1. The first-order valence-electron chi connectivity index (χ1n) is 8.74. The summed E-state index contributed by atoms with van der Waals surface area (Å²) in [7, 11) is 0. The van der Waals surface area contributed by atoms with Gasteiger partial charge in [-0.05, 0) is 18.6 Å². The Labute approximate surface area is 161 Å². The maximum atomic E-state index is 12.4. The normalized spacial score (nSPS) is 16.9. The highest BCUT2D eigenvalue weighted by Gasteiger charge is 2.34. The van der Waals surface area contributed by atoms with Crippen molar-refractivity contribution in [2.24, 2.45) is 5.92 Å². The van der Waals surface area contributed by atoms with Crippen LogP contribution in [0.15, 0.2) is 35.2 Å². The minimum atomic E-state index is -0.301. The number of nitrogens with one attached hydrogen (secondary N) is 1. The highest BCUT2D eigenvalue weighted by molar-refractivity contribution is 7.98. The van der Waals surface area contributed by atoms with Crippen LogP contribution in [0.3, 0.4) is 0 Å². The number of nitrogens with zero attached hydrogens (tertiary/aromatic N) is 3. The molecule has 0 bridgehead atoms. The first-order chi connectivity index (χ1) is 12.7. The third-order valence-corrected chi connectivity index (χ3v) is 6.21. The summed E-state index contributed by atoms with van der Waals surface area (Å²) < 4.78 is 0. The van der Waals surface area contributed by atoms with E-state index in [0.29, 0.717) is 17.4 Å². The molecular formula is C18H22N4O2S2. The zero-order valence-corrected chi connectivity index (χ0v) is 16.3. The van der Waals surface area contributed by atoms with Crippen molar-refractivity contribution in [3.05, 3.63) is 35.3 Å². The molecule has 1 aromatic carbocycles. The number of aromatic nitrogens is 2. The molecule has 0 saturated carbocycles. The van der Waals surface area contributed by atoms with Crippen molar-refractivity contribution in [2.75, 3.05) is 18.4 Å². The van der Waals surface area contributed by atoms with E-state index in [0.717, 1.165) is 24.4 Å². The Kier molecular flexibility index (Phi) is 6.62. The topological polar surface area (TPSA) is 75.2 Å². The van der Waals surface area contributed by atoms with Gasteiger partial charge in [0.2, 0.25) is 16.9 Å². The average molecular weight is 391 g/mol. The molecule has 0 spiro atoms. The number of likely N-dealkylation sites (tertiary alicyclic amines) is 1. The lowest BCUT2D eigenvalue weighted by Crippen LogP contribution is -2.29. The van der Waals surface area contributed by atoms with E-state index in [9.17, 15) is 9.59 Å². The van der Waals surface area contributed by atoms with Crippen molar-refractivity contribution in [1.82, 2.24) is 15.1 Å². The predicted octanol–water partition coefficient (Wildman–Crippen LogP) is 3.42. The van der Waals surface area contributed by atoms with Gasteiger partial charge in [0.1, 0.15) is 5.01 Å². The van der Waals surface area contributed by atoms with E-state index in [4.69, 9.17) is 0 Å². The Morgan fingerprint density at radius 1 is 1.35 bits per heavy atom. The molecule has 1 aliphatic heterocycles. The second-order valence-electron chi connectivity index (χ2n) is 6.19. The summed E-state index contributed by atoms with van der Waals surface area (Å²) in [6.45, 7) is 3.33. The van der Waals surface area contributed by atoms with Gasteiger partial charge in [-0.3, -0.25) is 9.59 Å². The SMILES string of the molecule is CCCCN1C[C@H](C(=O)Nc2nnc(CSc3ccccc3)s2)CC1=O. The van der Waals surface area contributed by atoms with Crippen molar-refractivity contribution in [3.8, 4) is 0 Å². The fourth-order valence-corrected chi connectivity index (χ4v) is 4.39. The lowest BCUT2D eigenvalue weighted by atomic mass is 10.1. The van der Waals surface area contributed by atoms with E-state index in [1.54, 1.807) is 16.7 Å². The van der Waals surface area contributed by atoms with Gasteiger partial charge in [0.25, 0.3) is 0 Å². The summed E-state index contributed by atoms with van der Waals surface area (Å²) in [5, 5.41) is 12.4. The number of carbonyl (C=O) groups excluding carboxylic acids is 2. The minimum absolute atomic E-state index is 0.0656. The molecule has 0 unspecified atom stereocenters. The second kappa shape index (κ2) is 9.14. The molecule has 3 rings (SSSR count). The number of benzene rings is 1. The molecule has 2 aromatic rings. The summed E-state index contributed by atoms with van der Waals surface area (Å²) in [5.74, 6) is 0.335. The first kappa shape index (κ1) is 18.8. The van der Waals surface area contributed by atoms with Crippen LogP contribution in [0.25, 0.3) is 0 Å². The van der Waals surface area contributed by atoms with Crippen molar-refractivity contribution < 1.29 is 9.59 Å². The number of hydrogen-bond acceptors (Lipinski definition) is 6. The quantitative estimate of drug-likeness (QED) is 0.699. The van der Waals surface area contributed by atoms with E-state index >= 15 is 0 Å². The Morgan fingerprint density at radius 3 is 2.92 bits per heavy atom. The van der Waals surface area contributed by atoms with Gasteiger partial charge in [0, 0.05) is 24.4 Å². The van der Waals surface area contributed by atoms with Gasteiger partial charge in [-0.15, -0.1) is 22.0 Å². The van der Waals surface area contributed by atoms with Crippen LogP contribution in [0.4, 0.5) is 5.13 Å². The third kappa shape index (κ3) is 5.04. The Morgan fingerprint density at radius 2 is 2.15 bits per heavy atom. The largest absolute Gasteiger partial charge is 0.342 e. The number of unbranched alkanes of at least 4 members (excludes halogenated alkanes) is 1. The van der Waals surface area contributed by atoms with Gasteiger partial charge in [-0.1, -0.05) is 42.9 Å². The Balaban J connectivity index is 1.49. The lowest BCUT2D eigenvalue weighted by Gasteiger charge is -2.15. The minimum Gasteiger partial charge on any atom is -0.342 e. The smallest absolute Gasteiger partial charge is 0.231 e. The zero-order chi connectivity index (χ0) is 18.4. The van der Waals surface area contributed by atoms with Crippen LogP contribution in [0, 0.1) is 5.92 Å². The van der Waals surface area contributed by atoms with Crippen LogP contribution < -0.4 is 5.32 Å². The highest BCUT2D eigenvalue weighted by atomic mass is 32.2. The molecule has 138 valence electrons. The fraction of sp³-hybridized carbons (Fsp3) is 0.444.